The maximum absolute atomic E-state index is 10.8. The molecule has 1 saturated heterocycles. The van der Waals surface area contributed by atoms with Gasteiger partial charge >= 0.3 is 5.97 Å². The first-order valence-corrected chi connectivity index (χ1v) is 6.17. The van der Waals surface area contributed by atoms with Gasteiger partial charge in [-0.2, -0.15) is 0 Å². The Morgan fingerprint density at radius 2 is 1.89 bits per heavy atom. The number of esters is 1. The summed E-state index contributed by atoms with van der Waals surface area (Å²) >= 11 is 0. The molecule has 0 unspecified atom stereocenters. The Morgan fingerprint density at radius 3 is 2.44 bits per heavy atom. The summed E-state index contributed by atoms with van der Waals surface area (Å²) < 4.78 is 5.22. The predicted octanol–water partition coefficient (Wildman–Crippen LogP) is 2.64. The first-order chi connectivity index (χ1) is 8.24. The second kappa shape index (κ2) is 7.39. The highest BCUT2D eigenvalue weighted by atomic mass is 35.5. The summed E-state index contributed by atoms with van der Waals surface area (Å²) in [4.78, 5) is 13.3. The molecule has 0 spiro atoms. The summed E-state index contributed by atoms with van der Waals surface area (Å²) in [5.41, 5.74) is 1.35. The van der Waals surface area contributed by atoms with Gasteiger partial charge in [0.05, 0.1) is 0 Å². The molecule has 1 heterocycles. The van der Waals surface area contributed by atoms with Gasteiger partial charge in [0.2, 0.25) is 0 Å². The zero-order valence-electron chi connectivity index (χ0n) is 10.7. The van der Waals surface area contributed by atoms with Crippen LogP contribution >= 0.6 is 12.4 Å². The zero-order chi connectivity index (χ0) is 12.1. The summed E-state index contributed by atoms with van der Waals surface area (Å²) in [6.07, 6.45) is 2.03. The Kier molecular flexibility index (Phi) is 6.16. The lowest BCUT2D eigenvalue weighted by Crippen LogP contribution is -2.37. The van der Waals surface area contributed by atoms with Crippen molar-refractivity contribution in [3.8, 4) is 0 Å². The minimum absolute atomic E-state index is 0. The monoisotopic (exact) mass is 269 g/mol. The molecule has 0 radical (unpaired) electrons. The smallest absolute Gasteiger partial charge is 0.302 e. The number of carbonyl (C=O) groups excluding carboxylic acids is 1. The van der Waals surface area contributed by atoms with E-state index >= 15 is 0 Å². The lowest BCUT2D eigenvalue weighted by atomic mass is 10.1. The van der Waals surface area contributed by atoms with Crippen molar-refractivity contribution in [2.45, 2.75) is 32.4 Å². The Morgan fingerprint density at radius 1 is 1.28 bits per heavy atom. The largest absolute Gasteiger partial charge is 0.462 e. The predicted molar refractivity (Wildman–Crippen MR) is 73.8 cm³/mol. The van der Waals surface area contributed by atoms with Crippen molar-refractivity contribution in [3.05, 3.63) is 35.9 Å². The van der Waals surface area contributed by atoms with E-state index in [1.807, 2.05) is 6.07 Å². The van der Waals surface area contributed by atoms with Crippen molar-refractivity contribution in [1.82, 2.24) is 4.90 Å². The van der Waals surface area contributed by atoms with Gasteiger partial charge in [0.25, 0.3) is 0 Å². The number of rotatable bonds is 3. The summed E-state index contributed by atoms with van der Waals surface area (Å²) in [5.74, 6) is -0.161. The van der Waals surface area contributed by atoms with Crippen LogP contribution in [0.2, 0.25) is 0 Å². The van der Waals surface area contributed by atoms with Crippen molar-refractivity contribution in [2.24, 2.45) is 0 Å². The van der Waals surface area contributed by atoms with Gasteiger partial charge in [0.15, 0.2) is 0 Å². The molecule has 0 aliphatic carbocycles. The quantitative estimate of drug-likeness (QED) is 0.790. The maximum atomic E-state index is 10.8. The lowest BCUT2D eigenvalue weighted by molar-refractivity contribution is -0.148. The van der Waals surface area contributed by atoms with Gasteiger partial charge in [-0.05, 0) is 18.4 Å². The van der Waals surface area contributed by atoms with Crippen LogP contribution in [0.1, 0.15) is 25.3 Å². The summed E-state index contributed by atoms with van der Waals surface area (Å²) in [6.45, 7) is 4.49. The van der Waals surface area contributed by atoms with E-state index in [1.54, 1.807) is 0 Å². The molecule has 1 aliphatic rings. The van der Waals surface area contributed by atoms with Gasteiger partial charge < -0.3 is 4.74 Å². The molecule has 18 heavy (non-hydrogen) atoms. The summed E-state index contributed by atoms with van der Waals surface area (Å²) in [5, 5.41) is 0. The van der Waals surface area contributed by atoms with Gasteiger partial charge in [-0.3, -0.25) is 9.69 Å². The standard InChI is InChI=1S/C14H19NO2.ClH/c1-12(16)17-14-7-9-15(10-8-14)11-13-5-3-2-4-6-13;/h2-6,14H,7-11H2,1H3;1H. The maximum Gasteiger partial charge on any atom is 0.302 e. The Bertz CT molecular complexity index is 361. The van der Waals surface area contributed by atoms with Crippen molar-refractivity contribution in [2.75, 3.05) is 13.1 Å². The van der Waals surface area contributed by atoms with Crippen LogP contribution < -0.4 is 0 Å². The zero-order valence-corrected chi connectivity index (χ0v) is 11.5. The molecule has 0 saturated carbocycles. The highest BCUT2D eigenvalue weighted by Crippen LogP contribution is 2.16. The first-order valence-electron chi connectivity index (χ1n) is 6.17. The fourth-order valence-corrected chi connectivity index (χ4v) is 2.26. The Hall–Kier alpha value is -1.06. The average molecular weight is 270 g/mol. The molecule has 4 heteroatoms. The molecule has 0 atom stereocenters. The third kappa shape index (κ3) is 4.67. The van der Waals surface area contributed by atoms with Gasteiger partial charge in [-0.1, -0.05) is 30.3 Å². The summed E-state index contributed by atoms with van der Waals surface area (Å²) in [7, 11) is 0. The normalized spacial score (nSPS) is 16.9. The molecule has 3 nitrogen and oxygen atoms in total. The van der Waals surface area contributed by atoms with E-state index in [0.29, 0.717) is 0 Å². The lowest BCUT2D eigenvalue weighted by Gasteiger charge is -2.31. The third-order valence-electron chi connectivity index (χ3n) is 3.12. The third-order valence-corrected chi connectivity index (χ3v) is 3.12. The number of halogens is 1. The van der Waals surface area contributed by atoms with E-state index in [9.17, 15) is 4.79 Å². The highest BCUT2D eigenvalue weighted by molar-refractivity contribution is 5.85. The molecule has 100 valence electrons. The molecule has 1 fully saturated rings. The number of piperidine rings is 1. The van der Waals surface area contributed by atoms with Crippen molar-refractivity contribution < 1.29 is 9.53 Å². The van der Waals surface area contributed by atoms with E-state index in [-0.39, 0.29) is 24.5 Å². The molecule has 0 amide bonds. The molecule has 1 aliphatic heterocycles. The first kappa shape index (κ1) is 15.0. The van der Waals surface area contributed by atoms with Crippen LogP contribution in [0.4, 0.5) is 0 Å². The molecule has 1 aromatic rings. The van der Waals surface area contributed by atoms with Crippen LogP contribution in [0.5, 0.6) is 0 Å². The number of benzene rings is 1. The minimum atomic E-state index is -0.161. The molecule has 1 aromatic carbocycles. The topological polar surface area (TPSA) is 29.5 Å². The van der Waals surface area contributed by atoms with E-state index < -0.39 is 0 Å². The van der Waals surface area contributed by atoms with Crippen LogP contribution in [-0.4, -0.2) is 30.1 Å². The molecular weight excluding hydrogens is 250 g/mol. The number of likely N-dealkylation sites (tertiary alicyclic amines) is 1. The number of carbonyl (C=O) groups is 1. The van der Waals surface area contributed by atoms with E-state index in [4.69, 9.17) is 4.74 Å². The van der Waals surface area contributed by atoms with Crippen molar-refractivity contribution in [3.63, 3.8) is 0 Å². The molecule has 0 aromatic heterocycles. The fraction of sp³-hybridized carbons (Fsp3) is 0.500. The SMILES string of the molecule is CC(=O)OC1CCN(Cc2ccccc2)CC1.Cl. The Balaban J connectivity index is 0.00000162. The Labute approximate surface area is 115 Å². The van der Waals surface area contributed by atoms with Gasteiger partial charge in [0, 0.05) is 26.6 Å². The van der Waals surface area contributed by atoms with Crippen molar-refractivity contribution in [1.29, 1.82) is 0 Å². The number of nitrogens with zero attached hydrogens (tertiary/aromatic N) is 1. The summed E-state index contributed by atoms with van der Waals surface area (Å²) in [6, 6.07) is 10.5. The average Bonchev–Trinajstić information content (AvgIpc) is 2.32. The molecule has 2 rings (SSSR count). The van der Waals surface area contributed by atoms with Gasteiger partial charge in [-0.25, -0.2) is 0 Å². The highest BCUT2D eigenvalue weighted by Gasteiger charge is 2.20. The van der Waals surface area contributed by atoms with Crippen LogP contribution in [0.25, 0.3) is 0 Å². The second-order valence-corrected chi connectivity index (χ2v) is 4.57. The van der Waals surface area contributed by atoms with E-state index in [1.165, 1.54) is 12.5 Å². The van der Waals surface area contributed by atoms with E-state index in [0.717, 1.165) is 32.5 Å². The number of hydrogen-bond donors (Lipinski definition) is 0. The number of hydrogen-bond acceptors (Lipinski definition) is 3. The van der Waals surface area contributed by atoms with Crippen LogP contribution in [0, 0.1) is 0 Å². The minimum Gasteiger partial charge on any atom is -0.462 e. The molecule has 0 bridgehead atoms. The van der Waals surface area contributed by atoms with Crippen molar-refractivity contribution >= 4 is 18.4 Å². The number of ether oxygens (including phenoxy) is 1. The van der Waals surface area contributed by atoms with Crippen LogP contribution in [-0.2, 0) is 16.1 Å². The van der Waals surface area contributed by atoms with Gasteiger partial charge in [-0.15, -0.1) is 12.4 Å². The van der Waals surface area contributed by atoms with E-state index in [2.05, 4.69) is 29.2 Å². The van der Waals surface area contributed by atoms with Crippen LogP contribution in [0.3, 0.4) is 0 Å². The van der Waals surface area contributed by atoms with Crippen LogP contribution in [0.15, 0.2) is 30.3 Å². The van der Waals surface area contributed by atoms with Gasteiger partial charge in [0.1, 0.15) is 6.10 Å². The fourth-order valence-electron chi connectivity index (χ4n) is 2.26. The molecule has 0 N–H and O–H groups in total. The molecular formula is C14H20ClNO2. The second-order valence-electron chi connectivity index (χ2n) is 4.57.